The van der Waals surface area contributed by atoms with Gasteiger partial charge in [-0.15, -0.1) is 0 Å². The SMILES string of the molecule is CCOC(=O)Cc1oc2ccc(Br)cc2c1[S@@](C)=O. The average Bonchev–Trinajstić information content (AvgIpc) is 2.66. The molecule has 0 saturated carbocycles. The summed E-state index contributed by atoms with van der Waals surface area (Å²) in [6, 6.07) is 5.46. The minimum Gasteiger partial charge on any atom is -0.466 e. The summed E-state index contributed by atoms with van der Waals surface area (Å²) in [6.45, 7) is 2.06. The van der Waals surface area contributed by atoms with E-state index in [0.29, 0.717) is 22.8 Å². The molecule has 1 atom stereocenters. The Hall–Kier alpha value is -1.14. The van der Waals surface area contributed by atoms with Gasteiger partial charge in [0.15, 0.2) is 0 Å². The van der Waals surface area contributed by atoms with Gasteiger partial charge in [0.1, 0.15) is 17.8 Å². The van der Waals surface area contributed by atoms with Crippen LogP contribution in [0.1, 0.15) is 12.7 Å². The quantitative estimate of drug-likeness (QED) is 0.800. The van der Waals surface area contributed by atoms with Gasteiger partial charge >= 0.3 is 5.97 Å². The second-order valence-corrected chi connectivity index (χ2v) is 6.16. The molecule has 1 aromatic carbocycles. The van der Waals surface area contributed by atoms with Crippen LogP contribution in [0.15, 0.2) is 32.0 Å². The summed E-state index contributed by atoms with van der Waals surface area (Å²) in [7, 11) is -1.23. The number of halogens is 1. The van der Waals surface area contributed by atoms with Gasteiger partial charge in [-0.1, -0.05) is 15.9 Å². The molecule has 2 aromatic rings. The third-order valence-electron chi connectivity index (χ3n) is 2.57. The molecule has 0 aliphatic heterocycles. The van der Waals surface area contributed by atoms with Crippen molar-refractivity contribution >= 4 is 43.7 Å². The number of furan rings is 1. The van der Waals surface area contributed by atoms with Crippen molar-refractivity contribution in [3.63, 3.8) is 0 Å². The Morgan fingerprint density at radius 3 is 2.84 bits per heavy atom. The van der Waals surface area contributed by atoms with Gasteiger partial charge in [-0.2, -0.15) is 0 Å². The zero-order valence-electron chi connectivity index (χ0n) is 10.6. The van der Waals surface area contributed by atoms with Crippen LogP contribution in [0.4, 0.5) is 0 Å². The molecule has 0 bridgehead atoms. The number of ether oxygens (including phenoxy) is 1. The van der Waals surface area contributed by atoms with Gasteiger partial charge in [-0.25, -0.2) is 0 Å². The molecule has 6 heteroatoms. The molecule has 0 aliphatic rings. The van der Waals surface area contributed by atoms with Crippen LogP contribution in [0.25, 0.3) is 11.0 Å². The van der Waals surface area contributed by atoms with E-state index >= 15 is 0 Å². The molecule has 0 radical (unpaired) electrons. The summed E-state index contributed by atoms with van der Waals surface area (Å²) < 4.78 is 23.3. The highest BCUT2D eigenvalue weighted by molar-refractivity contribution is 9.10. The van der Waals surface area contributed by atoms with Crippen molar-refractivity contribution in [2.45, 2.75) is 18.2 Å². The van der Waals surface area contributed by atoms with Crippen molar-refractivity contribution in [1.82, 2.24) is 0 Å². The molecule has 0 N–H and O–H groups in total. The van der Waals surface area contributed by atoms with Crippen LogP contribution in [0.5, 0.6) is 0 Å². The molecular formula is C13H13BrO4S. The molecule has 4 nitrogen and oxygen atoms in total. The number of benzene rings is 1. The summed E-state index contributed by atoms with van der Waals surface area (Å²) in [6.07, 6.45) is 1.56. The fourth-order valence-corrected chi connectivity index (χ4v) is 3.14. The van der Waals surface area contributed by atoms with E-state index in [1.54, 1.807) is 19.2 Å². The Balaban J connectivity index is 2.51. The van der Waals surface area contributed by atoms with E-state index in [-0.39, 0.29) is 12.4 Å². The van der Waals surface area contributed by atoms with Crippen LogP contribution in [-0.4, -0.2) is 23.0 Å². The summed E-state index contributed by atoms with van der Waals surface area (Å²) in [5.74, 6) is 0.0275. The van der Waals surface area contributed by atoms with Gasteiger partial charge in [-0.3, -0.25) is 9.00 Å². The molecular weight excluding hydrogens is 332 g/mol. The highest BCUT2D eigenvalue weighted by atomic mass is 79.9. The maximum absolute atomic E-state index is 11.9. The van der Waals surface area contributed by atoms with E-state index in [1.807, 2.05) is 12.1 Å². The predicted octanol–water partition coefficient (Wildman–Crippen LogP) is 3.04. The third kappa shape index (κ3) is 3.06. The lowest BCUT2D eigenvalue weighted by Gasteiger charge is -2.01. The number of esters is 1. The maximum Gasteiger partial charge on any atom is 0.313 e. The Bertz CT molecular complexity index is 647. The summed E-state index contributed by atoms with van der Waals surface area (Å²) in [4.78, 5) is 12.1. The lowest BCUT2D eigenvalue weighted by Crippen LogP contribution is -2.08. The topological polar surface area (TPSA) is 56.5 Å². The Kier molecular flexibility index (Phi) is 4.42. The highest BCUT2D eigenvalue weighted by Gasteiger charge is 2.20. The number of rotatable bonds is 4. The van der Waals surface area contributed by atoms with Crippen LogP contribution in [-0.2, 0) is 26.8 Å². The standard InChI is InChI=1S/C13H13BrO4S/c1-3-17-12(15)7-11-13(19(2)16)9-6-8(14)4-5-10(9)18-11/h4-6H,3,7H2,1-2H3/t19-/m1/s1. The van der Waals surface area contributed by atoms with Crippen molar-refractivity contribution in [1.29, 1.82) is 0 Å². The van der Waals surface area contributed by atoms with Crippen molar-refractivity contribution < 1.29 is 18.2 Å². The third-order valence-corrected chi connectivity index (χ3v) is 4.09. The van der Waals surface area contributed by atoms with Crippen LogP contribution in [0.2, 0.25) is 0 Å². The molecule has 102 valence electrons. The monoisotopic (exact) mass is 344 g/mol. The normalized spacial score (nSPS) is 12.6. The van der Waals surface area contributed by atoms with Crippen molar-refractivity contribution in [2.75, 3.05) is 12.9 Å². The van der Waals surface area contributed by atoms with E-state index in [1.165, 1.54) is 0 Å². The molecule has 0 spiro atoms. The number of carbonyl (C=O) groups excluding carboxylic acids is 1. The minimum absolute atomic E-state index is 0.00491. The van der Waals surface area contributed by atoms with Gasteiger partial charge in [0, 0.05) is 16.1 Å². The Morgan fingerprint density at radius 2 is 2.21 bits per heavy atom. The maximum atomic E-state index is 11.9. The summed E-state index contributed by atoms with van der Waals surface area (Å²) in [5.41, 5.74) is 0.618. The van der Waals surface area contributed by atoms with E-state index in [4.69, 9.17) is 9.15 Å². The molecule has 0 saturated heterocycles. The first-order valence-electron chi connectivity index (χ1n) is 5.73. The van der Waals surface area contributed by atoms with Crippen LogP contribution in [0.3, 0.4) is 0 Å². The van der Waals surface area contributed by atoms with Gasteiger partial charge in [0.25, 0.3) is 0 Å². The zero-order chi connectivity index (χ0) is 14.0. The number of hydrogen-bond acceptors (Lipinski definition) is 4. The van der Waals surface area contributed by atoms with E-state index < -0.39 is 10.8 Å². The molecule has 0 amide bonds. The van der Waals surface area contributed by atoms with Gasteiger partial charge < -0.3 is 9.15 Å². The second kappa shape index (κ2) is 5.88. The fraction of sp³-hybridized carbons (Fsp3) is 0.308. The highest BCUT2D eigenvalue weighted by Crippen LogP contribution is 2.31. The van der Waals surface area contributed by atoms with Gasteiger partial charge in [0.2, 0.25) is 0 Å². The first kappa shape index (κ1) is 14.3. The van der Waals surface area contributed by atoms with E-state index in [2.05, 4.69) is 15.9 Å². The van der Waals surface area contributed by atoms with Crippen LogP contribution >= 0.6 is 15.9 Å². The zero-order valence-corrected chi connectivity index (χ0v) is 13.0. The Labute approximate surface area is 121 Å². The number of carbonyl (C=O) groups is 1. The first-order valence-corrected chi connectivity index (χ1v) is 8.08. The molecule has 1 heterocycles. The smallest absolute Gasteiger partial charge is 0.313 e. The summed E-state index contributed by atoms with van der Waals surface area (Å²) in [5, 5.41) is 0.759. The van der Waals surface area contributed by atoms with Crippen LogP contribution < -0.4 is 0 Å². The average molecular weight is 345 g/mol. The van der Waals surface area contributed by atoms with E-state index in [9.17, 15) is 9.00 Å². The fourth-order valence-electron chi connectivity index (χ4n) is 1.87. The Morgan fingerprint density at radius 1 is 1.47 bits per heavy atom. The van der Waals surface area contributed by atoms with Crippen molar-refractivity contribution in [3.05, 3.63) is 28.4 Å². The largest absolute Gasteiger partial charge is 0.466 e. The number of fused-ring (bicyclic) bond motifs is 1. The first-order chi connectivity index (χ1) is 9.02. The molecule has 1 aromatic heterocycles. The minimum atomic E-state index is -1.23. The molecule has 0 aliphatic carbocycles. The molecule has 19 heavy (non-hydrogen) atoms. The lowest BCUT2D eigenvalue weighted by molar-refractivity contribution is -0.142. The van der Waals surface area contributed by atoms with Gasteiger partial charge in [0.05, 0.1) is 22.3 Å². The predicted molar refractivity (Wildman–Crippen MR) is 76.6 cm³/mol. The van der Waals surface area contributed by atoms with Crippen molar-refractivity contribution in [2.24, 2.45) is 0 Å². The van der Waals surface area contributed by atoms with Crippen molar-refractivity contribution in [3.8, 4) is 0 Å². The summed E-state index contributed by atoms with van der Waals surface area (Å²) >= 11 is 3.37. The van der Waals surface area contributed by atoms with E-state index in [0.717, 1.165) is 9.86 Å². The van der Waals surface area contributed by atoms with Gasteiger partial charge in [-0.05, 0) is 25.1 Å². The molecule has 2 rings (SSSR count). The molecule has 0 unspecified atom stereocenters. The lowest BCUT2D eigenvalue weighted by atomic mass is 10.2. The number of hydrogen-bond donors (Lipinski definition) is 0. The second-order valence-electron chi connectivity index (χ2n) is 3.93. The van der Waals surface area contributed by atoms with Crippen LogP contribution in [0, 0.1) is 0 Å². The molecule has 0 fully saturated rings.